The van der Waals surface area contributed by atoms with E-state index in [1.807, 2.05) is 24.3 Å². The third-order valence-corrected chi connectivity index (χ3v) is 9.54. The minimum Gasteiger partial charge on any atom is -0.396 e. The first kappa shape index (κ1) is 35.8. The summed E-state index contributed by atoms with van der Waals surface area (Å²) < 4.78 is 0. The molecule has 2 aromatic rings. The van der Waals surface area contributed by atoms with E-state index in [4.69, 9.17) is 0 Å². The molecule has 5 heterocycles. The summed E-state index contributed by atoms with van der Waals surface area (Å²) in [6, 6.07) is -0.706. The van der Waals surface area contributed by atoms with Gasteiger partial charge in [0.2, 0.25) is 0 Å². The average Bonchev–Trinajstić information content (AvgIpc) is 3.75. The Morgan fingerprint density at radius 2 is 0.771 bits per heavy atom. The standard InChI is InChI=1S/C36H50N4O8/c41-9-1-21-22(2-10-42)30-18-32-25(5-13-45)26(6-14-46)34(39-32)20-36-28(8-16-48)27(7-15-47)35(40-36)19-33-24(4-12-44)23(3-11-43)31(38-33)17-29(21)37-30/h17-20,29,35,37-48H,1-16H2/b30-18-,31-17-,33-19-,36-20-. The highest BCUT2D eigenvalue weighted by Gasteiger charge is 2.30. The molecule has 0 fully saturated rings. The predicted molar refractivity (Wildman–Crippen MR) is 184 cm³/mol. The van der Waals surface area contributed by atoms with Gasteiger partial charge in [-0.2, -0.15) is 0 Å². The van der Waals surface area contributed by atoms with Gasteiger partial charge < -0.3 is 61.5 Å². The van der Waals surface area contributed by atoms with Gasteiger partial charge in [0.15, 0.2) is 0 Å². The number of aromatic nitrogens is 2. The van der Waals surface area contributed by atoms with Crippen LogP contribution < -0.4 is 21.3 Å². The fourth-order valence-corrected chi connectivity index (χ4v) is 7.60. The van der Waals surface area contributed by atoms with Crippen molar-refractivity contribution in [3.63, 3.8) is 0 Å². The summed E-state index contributed by atoms with van der Waals surface area (Å²) in [7, 11) is 0. The van der Waals surface area contributed by atoms with E-state index in [0.717, 1.165) is 78.0 Å². The maximum Gasteiger partial charge on any atom is 0.0688 e. The van der Waals surface area contributed by atoms with E-state index < -0.39 is 0 Å². The summed E-state index contributed by atoms with van der Waals surface area (Å²) in [5.41, 5.74) is 10.1. The highest BCUT2D eigenvalue weighted by molar-refractivity contribution is 5.71. The molecule has 3 aliphatic rings. The number of aromatic amines is 2. The first-order chi connectivity index (χ1) is 23.5. The zero-order valence-electron chi connectivity index (χ0n) is 27.4. The molecule has 0 radical (unpaired) electrons. The van der Waals surface area contributed by atoms with Gasteiger partial charge in [0.1, 0.15) is 0 Å². The highest BCUT2D eigenvalue weighted by Crippen LogP contribution is 2.35. The smallest absolute Gasteiger partial charge is 0.0688 e. The van der Waals surface area contributed by atoms with E-state index in [2.05, 4.69) is 20.6 Å². The van der Waals surface area contributed by atoms with E-state index in [0.29, 0.717) is 51.4 Å². The molecule has 48 heavy (non-hydrogen) atoms. The number of aliphatic hydroxyl groups excluding tert-OH is 8. The summed E-state index contributed by atoms with van der Waals surface area (Å²) in [4.78, 5) is 7.09. The number of H-pyrrole nitrogens is 2. The Morgan fingerprint density at radius 1 is 0.417 bits per heavy atom. The molecule has 3 aliphatic heterocycles. The Labute approximate surface area is 279 Å². The second-order valence-corrected chi connectivity index (χ2v) is 12.3. The number of rotatable bonds is 16. The second kappa shape index (κ2) is 16.8. The first-order valence-corrected chi connectivity index (χ1v) is 16.9. The van der Waals surface area contributed by atoms with Gasteiger partial charge in [-0.3, -0.25) is 0 Å². The van der Waals surface area contributed by atoms with E-state index >= 15 is 0 Å². The average molecular weight is 667 g/mol. The lowest BCUT2D eigenvalue weighted by Crippen LogP contribution is -2.28. The van der Waals surface area contributed by atoms with Crippen LogP contribution in [0, 0.1) is 0 Å². The van der Waals surface area contributed by atoms with Gasteiger partial charge in [-0.1, -0.05) is 0 Å². The predicted octanol–water partition coefficient (Wildman–Crippen LogP) is -1.49. The monoisotopic (exact) mass is 666 g/mol. The fraction of sp³-hybridized carbons (Fsp3) is 0.500. The molecule has 2 unspecified atom stereocenters. The first-order valence-electron chi connectivity index (χ1n) is 16.9. The van der Waals surface area contributed by atoms with Gasteiger partial charge in [0.25, 0.3) is 0 Å². The van der Waals surface area contributed by atoms with Gasteiger partial charge in [-0.15, -0.1) is 0 Å². The van der Waals surface area contributed by atoms with Gasteiger partial charge in [0.05, 0.1) is 12.1 Å². The van der Waals surface area contributed by atoms with Crippen LogP contribution in [0.3, 0.4) is 0 Å². The molecule has 5 rings (SSSR count). The molecular weight excluding hydrogens is 616 g/mol. The van der Waals surface area contributed by atoms with Crippen LogP contribution in [0.4, 0.5) is 0 Å². The van der Waals surface area contributed by atoms with Crippen LogP contribution in [0.1, 0.15) is 59.3 Å². The summed E-state index contributed by atoms with van der Waals surface area (Å²) in [6.45, 7) is -0.787. The third kappa shape index (κ3) is 7.26. The molecule has 0 saturated heterocycles. The Kier molecular flexibility index (Phi) is 12.5. The van der Waals surface area contributed by atoms with Gasteiger partial charge in [-0.05, 0) is 120 Å². The molecule has 0 aliphatic carbocycles. The lowest BCUT2D eigenvalue weighted by atomic mass is 9.96. The van der Waals surface area contributed by atoms with Crippen LogP contribution >= 0.6 is 0 Å². The molecule has 8 bridgehead atoms. The second-order valence-electron chi connectivity index (χ2n) is 12.3. The van der Waals surface area contributed by atoms with Crippen molar-refractivity contribution in [3.8, 4) is 0 Å². The molecule has 0 spiro atoms. The number of aliphatic hydroxyl groups is 8. The Morgan fingerprint density at radius 3 is 1.12 bits per heavy atom. The Hall–Kier alpha value is -3.46. The quantitative estimate of drug-likeness (QED) is 0.0996. The van der Waals surface area contributed by atoms with Gasteiger partial charge >= 0.3 is 0 Å². The largest absolute Gasteiger partial charge is 0.396 e. The lowest BCUT2D eigenvalue weighted by molar-refractivity contribution is 0.292. The van der Waals surface area contributed by atoms with Crippen molar-refractivity contribution in [2.24, 2.45) is 0 Å². The molecule has 0 amide bonds. The van der Waals surface area contributed by atoms with Crippen molar-refractivity contribution in [2.75, 3.05) is 52.9 Å². The molecule has 12 N–H and O–H groups in total. The minimum absolute atomic E-state index is 0.0906. The van der Waals surface area contributed by atoms with Crippen molar-refractivity contribution in [3.05, 3.63) is 78.0 Å². The van der Waals surface area contributed by atoms with Gasteiger partial charge in [0, 0.05) is 86.3 Å². The molecule has 0 saturated carbocycles. The molecular formula is C36H50N4O8. The zero-order valence-corrected chi connectivity index (χ0v) is 27.4. The summed E-state index contributed by atoms with van der Waals surface area (Å²) in [6.07, 6.45) is 10.8. The molecule has 262 valence electrons. The number of allylic oxidation sites excluding steroid dienone is 2. The van der Waals surface area contributed by atoms with Crippen LogP contribution in [0.15, 0.2) is 33.7 Å². The lowest BCUT2D eigenvalue weighted by Gasteiger charge is -2.12. The topological polar surface area (TPSA) is 217 Å². The van der Waals surface area contributed by atoms with Crippen LogP contribution in [-0.2, 0) is 25.7 Å². The SMILES string of the molecule is OCCC1=C(CCO)C2/C=c3\[nH]/c(c(CCO)c3CCO)=C\C3N/C(=C\c4[nH]c(c(CCO)c4CCO)/C=C/1N2)C(CCO)=C3CCO. The van der Waals surface area contributed by atoms with Crippen LogP contribution in [0.5, 0.6) is 0 Å². The summed E-state index contributed by atoms with van der Waals surface area (Å²) >= 11 is 0. The maximum atomic E-state index is 10.1. The molecule has 0 aromatic carbocycles. The van der Waals surface area contributed by atoms with Gasteiger partial charge in [-0.25, -0.2) is 0 Å². The Bertz CT molecular complexity index is 1580. The fourth-order valence-electron chi connectivity index (χ4n) is 7.60. The Balaban J connectivity index is 1.88. The summed E-state index contributed by atoms with van der Waals surface area (Å²) in [5, 5.41) is 89.5. The van der Waals surface area contributed by atoms with Crippen LogP contribution in [-0.4, -0.2) is 116 Å². The number of hydrogen-bond acceptors (Lipinski definition) is 10. The van der Waals surface area contributed by atoms with Crippen LogP contribution in [0.25, 0.3) is 24.3 Å². The van der Waals surface area contributed by atoms with E-state index in [9.17, 15) is 40.9 Å². The molecule has 12 nitrogen and oxygen atoms in total. The number of fused-ring (bicyclic) bond motifs is 8. The number of hydrogen-bond donors (Lipinski definition) is 12. The van der Waals surface area contributed by atoms with Crippen LogP contribution in [0.2, 0.25) is 0 Å². The van der Waals surface area contributed by atoms with Crippen molar-refractivity contribution in [1.29, 1.82) is 0 Å². The van der Waals surface area contributed by atoms with Crippen molar-refractivity contribution in [1.82, 2.24) is 20.6 Å². The van der Waals surface area contributed by atoms with E-state index in [-0.39, 0.29) is 64.9 Å². The molecule has 2 atom stereocenters. The molecule has 2 aromatic heterocycles. The third-order valence-electron chi connectivity index (χ3n) is 9.54. The van der Waals surface area contributed by atoms with Crippen molar-refractivity contribution >= 4 is 24.3 Å². The minimum atomic E-state index is -0.353. The van der Waals surface area contributed by atoms with E-state index in [1.54, 1.807) is 0 Å². The zero-order chi connectivity index (χ0) is 34.2. The maximum absolute atomic E-state index is 10.1. The molecule has 12 heteroatoms. The van der Waals surface area contributed by atoms with Crippen molar-refractivity contribution < 1.29 is 40.9 Å². The number of nitrogens with one attached hydrogen (secondary N) is 4. The van der Waals surface area contributed by atoms with E-state index in [1.165, 1.54) is 0 Å². The summed E-state index contributed by atoms with van der Waals surface area (Å²) in [5.74, 6) is 0. The normalized spacial score (nSPS) is 22.4. The van der Waals surface area contributed by atoms with Crippen molar-refractivity contribution in [2.45, 2.75) is 63.5 Å². The highest BCUT2D eigenvalue weighted by atomic mass is 16.3.